The molecule has 1 amide bonds. The van der Waals surface area contributed by atoms with E-state index >= 15 is 0 Å². The summed E-state index contributed by atoms with van der Waals surface area (Å²) in [6.45, 7) is 4.76. The maximum atomic E-state index is 12.5. The average molecular weight is 439 g/mol. The second-order valence-electron chi connectivity index (χ2n) is 7.03. The Morgan fingerprint density at radius 3 is 2.19 bits per heavy atom. The molecule has 0 radical (unpaired) electrons. The van der Waals surface area contributed by atoms with Gasteiger partial charge in [0.25, 0.3) is 5.91 Å². The topological polar surface area (TPSA) is 77.8 Å². The molecule has 1 heterocycles. The van der Waals surface area contributed by atoms with Gasteiger partial charge in [0.05, 0.1) is 6.07 Å². The fourth-order valence-corrected chi connectivity index (χ4v) is 3.44. The summed E-state index contributed by atoms with van der Waals surface area (Å²) in [5.74, 6) is 1.23. The van der Waals surface area contributed by atoms with Gasteiger partial charge in [0, 0.05) is 44.7 Å². The summed E-state index contributed by atoms with van der Waals surface area (Å²) >= 11 is 5.40. The minimum atomic E-state index is -0.240. The molecule has 0 unspecified atom stereocenters. The lowest BCUT2D eigenvalue weighted by Gasteiger charge is -2.35. The van der Waals surface area contributed by atoms with Crippen LogP contribution in [0.4, 0.5) is 0 Å². The van der Waals surface area contributed by atoms with E-state index in [0.717, 1.165) is 38.5 Å². The van der Waals surface area contributed by atoms with Crippen molar-refractivity contribution in [2.24, 2.45) is 0 Å². The Bertz CT molecular complexity index is 891. The van der Waals surface area contributed by atoms with Crippen LogP contribution >= 0.6 is 12.2 Å². The lowest BCUT2D eigenvalue weighted by Crippen LogP contribution is -2.52. The smallest absolute Gasteiger partial charge is 0.257 e. The van der Waals surface area contributed by atoms with Crippen molar-refractivity contribution in [1.82, 2.24) is 15.1 Å². The van der Waals surface area contributed by atoms with E-state index in [2.05, 4.69) is 16.3 Å². The van der Waals surface area contributed by atoms with Crippen LogP contribution in [0.1, 0.15) is 16.8 Å². The summed E-state index contributed by atoms with van der Waals surface area (Å²) in [5.41, 5.74) is 0.517. The first-order valence-electron chi connectivity index (χ1n) is 10.3. The third kappa shape index (κ3) is 7.24. The number of nitrogens with zero attached hydrogens (tertiary/aromatic N) is 3. The minimum absolute atomic E-state index is 0.240. The van der Waals surface area contributed by atoms with E-state index in [0.29, 0.717) is 36.1 Å². The van der Waals surface area contributed by atoms with Gasteiger partial charge in [-0.1, -0.05) is 18.2 Å². The first-order valence-corrected chi connectivity index (χ1v) is 10.7. The van der Waals surface area contributed by atoms with E-state index in [1.54, 1.807) is 24.3 Å². The highest BCUT2D eigenvalue weighted by molar-refractivity contribution is 7.80. The molecule has 0 aromatic heterocycles. The van der Waals surface area contributed by atoms with Crippen molar-refractivity contribution in [3.63, 3.8) is 0 Å². The van der Waals surface area contributed by atoms with Crippen LogP contribution in [0.2, 0.25) is 0 Å². The number of carbonyl (C=O) groups is 1. The largest absolute Gasteiger partial charge is 0.490 e. The molecule has 1 aliphatic heterocycles. The summed E-state index contributed by atoms with van der Waals surface area (Å²) in [4.78, 5) is 16.7. The molecule has 2 aromatic rings. The zero-order valence-corrected chi connectivity index (χ0v) is 18.1. The number of hydrogen-bond donors (Lipinski definition) is 1. The second-order valence-corrected chi connectivity index (χ2v) is 7.42. The zero-order valence-electron chi connectivity index (χ0n) is 17.3. The third-order valence-corrected chi connectivity index (χ3v) is 5.26. The van der Waals surface area contributed by atoms with E-state index in [4.69, 9.17) is 27.0 Å². The Morgan fingerprint density at radius 1 is 0.968 bits per heavy atom. The number of carbonyl (C=O) groups excluding carboxylic acids is 1. The van der Waals surface area contributed by atoms with Crippen LogP contribution in [-0.2, 0) is 0 Å². The molecule has 0 spiro atoms. The van der Waals surface area contributed by atoms with E-state index < -0.39 is 0 Å². The van der Waals surface area contributed by atoms with Crippen LogP contribution in [0.25, 0.3) is 0 Å². The molecule has 1 aliphatic rings. The van der Waals surface area contributed by atoms with Gasteiger partial charge in [-0.3, -0.25) is 15.0 Å². The van der Waals surface area contributed by atoms with Crippen LogP contribution in [0.3, 0.4) is 0 Å². The summed E-state index contributed by atoms with van der Waals surface area (Å²) in [7, 11) is 0. The maximum absolute atomic E-state index is 12.5. The van der Waals surface area contributed by atoms with Gasteiger partial charge >= 0.3 is 0 Å². The summed E-state index contributed by atoms with van der Waals surface area (Å²) < 4.78 is 11.3. The van der Waals surface area contributed by atoms with Gasteiger partial charge in [0.1, 0.15) is 24.7 Å². The Kier molecular flexibility index (Phi) is 8.64. The number of piperazine rings is 1. The molecule has 8 heteroatoms. The van der Waals surface area contributed by atoms with Crippen molar-refractivity contribution in [2.75, 3.05) is 45.9 Å². The van der Waals surface area contributed by atoms with Crippen molar-refractivity contribution >= 4 is 23.2 Å². The molecule has 162 valence electrons. The highest BCUT2D eigenvalue weighted by Crippen LogP contribution is 2.13. The molecule has 3 rings (SSSR count). The second kappa shape index (κ2) is 11.9. The Labute approximate surface area is 188 Å². The molecule has 0 atom stereocenters. The van der Waals surface area contributed by atoms with Crippen LogP contribution in [-0.4, -0.2) is 66.8 Å². The molecule has 0 bridgehead atoms. The highest BCUT2D eigenvalue weighted by atomic mass is 32.1. The number of benzene rings is 2. The molecule has 1 fully saturated rings. The van der Waals surface area contributed by atoms with Crippen molar-refractivity contribution in [1.29, 1.82) is 5.26 Å². The summed E-state index contributed by atoms with van der Waals surface area (Å²) in [6.07, 6.45) is 0.529. The Balaban J connectivity index is 1.38. The number of nitriles is 1. The fraction of sp³-hybridized carbons (Fsp3) is 0.348. The number of thiocarbonyl (C=S) groups is 1. The predicted octanol–water partition coefficient (Wildman–Crippen LogP) is 2.69. The van der Waals surface area contributed by atoms with Crippen molar-refractivity contribution in [3.05, 3.63) is 60.2 Å². The Hall–Kier alpha value is -3.15. The Morgan fingerprint density at radius 2 is 1.58 bits per heavy atom. The molecule has 31 heavy (non-hydrogen) atoms. The van der Waals surface area contributed by atoms with Gasteiger partial charge in [0.2, 0.25) is 0 Å². The van der Waals surface area contributed by atoms with E-state index in [-0.39, 0.29) is 5.91 Å². The lowest BCUT2D eigenvalue weighted by molar-refractivity contribution is 0.0969. The number of hydrogen-bond acceptors (Lipinski definition) is 6. The standard InChI is InChI=1S/C23H26N4O3S/c24-11-4-12-26-13-15-27(16-14-26)23(31)25-22(28)19-7-9-21(10-8-19)30-18-17-29-20-5-2-1-3-6-20/h1-3,5-10H,4,12-18H2,(H,25,28,31). The van der Waals surface area contributed by atoms with Crippen molar-refractivity contribution < 1.29 is 14.3 Å². The molecule has 1 saturated heterocycles. The first kappa shape index (κ1) is 22.5. The third-order valence-electron chi connectivity index (χ3n) is 4.90. The predicted molar refractivity (Wildman–Crippen MR) is 122 cm³/mol. The van der Waals surface area contributed by atoms with Gasteiger partial charge < -0.3 is 14.4 Å². The van der Waals surface area contributed by atoms with Gasteiger partial charge in [0.15, 0.2) is 5.11 Å². The molecular weight excluding hydrogens is 412 g/mol. The van der Waals surface area contributed by atoms with Gasteiger partial charge in [-0.25, -0.2) is 0 Å². The number of para-hydroxylation sites is 1. The minimum Gasteiger partial charge on any atom is -0.490 e. The van der Waals surface area contributed by atoms with Gasteiger partial charge in [-0.15, -0.1) is 0 Å². The molecule has 2 aromatic carbocycles. The van der Waals surface area contributed by atoms with Crippen LogP contribution < -0.4 is 14.8 Å². The average Bonchev–Trinajstić information content (AvgIpc) is 2.82. The van der Waals surface area contributed by atoms with Gasteiger partial charge in [-0.05, 0) is 48.6 Å². The van der Waals surface area contributed by atoms with E-state index in [1.165, 1.54) is 0 Å². The van der Waals surface area contributed by atoms with Gasteiger partial charge in [-0.2, -0.15) is 5.26 Å². The highest BCUT2D eigenvalue weighted by Gasteiger charge is 2.20. The van der Waals surface area contributed by atoms with E-state index in [9.17, 15) is 4.79 Å². The van der Waals surface area contributed by atoms with Crippen molar-refractivity contribution in [3.8, 4) is 17.6 Å². The number of rotatable bonds is 8. The first-order chi connectivity index (χ1) is 15.2. The fourth-order valence-electron chi connectivity index (χ4n) is 3.17. The zero-order chi connectivity index (χ0) is 21.9. The monoisotopic (exact) mass is 438 g/mol. The summed E-state index contributed by atoms with van der Waals surface area (Å²) in [5, 5.41) is 11.9. The lowest BCUT2D eigenvalue weighted by atomic mass is 10.2. The number of nitrogens with one attached hydrogen (secondary N) is 1. The van der Waals surface area contributed by atoms with Crippen molar-refractivity contribution in [2.45, 2.75) is 6.42 Å². The number of amides is 1. The summed E-state index contributed by atoms with van der Waals surface area (Å²) in [6, 6.07) is 18.7. The SMILES string of the molecule is N#CCCN1CCN(C(=S)NC(=O)c2ccc(OCCOc3ccccc3)cc2)CC1. The van der Waals surface area contributed by atoms with Crippen LogP contribution in [0.15, 0.2) is 54.6 Å². The molecule has 0 saturated carbocycles. The molecule has 7 nitrogen and oxygen atoms in total. The quantitative estimate of drug-likeness (QED) is 0.502. The molecular formula is C23H26N4O3S. The number of ether oxygens (including phenoxy) is 2. The molecule has 0 aliphatic carbocycles. The normalized spacial score (nSPS) is 13.8. The van der Waals surface area contributed by atoms with Crippen LogP contribution in [0, 0.1) is 11.3 Å². The maximum Gasteiger partial charge on any atom is 0.257 e. The molecule has 1 N–H and O–H groups in total. The van der Waals surface area contributed by atoms with E-state index in [1.807, 2.05) is 35.2 Å². The van der Waals surface area contributed by atoms with Crippen LogP contribution in [0.5, 0.6) is 11.5 Å².